The third-order valence-electron chi connectivity index (χ3n) is 7.59. The molecule has 4 heterocycles. The third kappa shape index (κ3) is 3.23. The molecule has 170 valence electrons. The van der Waals surface area contributed by atoms with Gasteiger partial charge in [0.2, 0.25) is 5.95 Å². The molecule has 3 N–H and O–H groups in total. The van der Waals surface area contributed by atoms with Crippen LogP contribution in [-0.2, 0) is 13.6 Å². The summed E-state index contributed by atoms with van der Waals surface area (Å²) in [6.45, 7) is 4.42. The quantitative estimate of drug-likeness (QED) is 0.737. The van der Waals surface area contributed by atoms with Crippen molar-refractivity contribution in [1.82, 2.24) is 14.5 Å². The van der Waals surface area contributed by atoms with Crippen LogP contribution >= 0.6 is 11.6 Å². The van der Waals surface area contributed by atoms with Crippen molar-refractivity contribution in [2.45, 2.75) is 45.2 Å². The molecular weight excluding hydrogens is 426 g/mol. The number of halogens is 1. The van der Waals surface area contributed by atoms with E-state index in [-0.39, 0.29) is 17.0 Å². The van der Waals surface area contributed by atoms with E-state index in [9.17, 15) is 4.79 Å². The van der Waals surface area contributed by atoms with Gasteiger partial charge in [-0.25, -0.2) is 9.97 Å². The van der Waals surface area contributed by atoms with E-state index in [1.54, 1.807) is 30.9 Å². The van der Waals surface area contributed by atoms with Crippen LogP contribution < -0.4 is 21.5 Å². The number of nitrogens with one attached hydrogen (secondary N) is 1. The Morgan fingerprint density at radius 1 is 1.31 bits per heavy atom. The van der Waals surface area contributed by atoms with E-state index in [2.05, 4.69) is 27.1 Å². The van der Waals surface area contributed by atoms with Crippen molar-refractivity contribution in [3.63, 3.8) is 0 Å². The molecule has 8 nitrogen and oxygen atoms in total. The molecule has 0 unspecified atom stereocenters. The first-order valence-electron chi connectivity index (χ1n) is 11.3. The second kappa shape index (κ2) is 7.85. The van der Waals surface area contributed by atoms with E-state index in [1.165, 1.54) is 6.42 Å². The highest BCUT2D eigenvalue weighted by Crippen LogP contribution is 2.48. The first kappa shape index (κ1) is 21.4. The van der Waals surface area contributed by atoms with Crippen molar-refractivity contribution < 1.29 is 0 Å². The van der Waals surface area contributed by atoms with Gasteiger partial charge in [-0.2, -0.15) is 0 Å². The number of nitrogens with two attached hydrogens (primary N) is 1. The molecule has 1 aliphatic carbocycles. The van der Waals surface area contributed by atoms with Crippen LogP contribution in [0, 0.1) is 11.3 Å². The minimum atomic E-state index is -0.0911. The number of hydrogen-bond donors (Lipinski definition) is 2. The molecule has 0 amide bonds. The van der Waals surface area contributed by atoms with Crippen LogP contribution in [0.3, 0.4) is 0 Å². The lowest BCUT2D eigenvalue weighted by Gasteiger charge is -2.42. The fraction of sp³-hybridized carbons (Fsp3) is 0.565. The molecule has 0 bridgehead atoms. The Labute approximate surface area is 192 Å². The summed E-state index contributed by atoms with van der Waals surface area (Å²) < 4.78 is 1.66. The maximum atomic E-state index is 13.4. The molecule has 2 atom stereocenters. The van der Waals surface area contributed by atoms with E-state index in [0.717, 1.165) is 38.3 Å². The van der Waals surface area contributed by atoms with Crippen LogP contribution in [0.5, 0.6) is 0 Å². The molecule has 3 aliphatic rings. The van der Waals surface area contributed by atoms with E-state index in [0.29, 0.717) is 45.8 Å². The third-order valence-corrected chi connectivity index (χ3v) is 7.97. The molecule has 2 fully saturated rings. The largest absolute Gasteiger partial charge is 0.372 e. The van der Waals surface area contributed by atoms with Gasteiger partial charge < -0.3 is 16.0 Å². The lowest BCUT2D eigenvalue weighted by atomic mass is 9.74. The summed E-state index contributed by atoms with van der Waals surface area (Å²) in [5, 5.41) is 3.43. The number of pyridine rings is 1. The molecule has 9 heteroatoms. The SMILES string of the molecule is CNc1nccc(C2=NCc3nc(N4CCC5(CC4)C[C@@H](C)C[C@H]5N)n(C)c(=O)c32)c1Cl. The molecule has 32 heavy (non-hydrogen) atoms. The van der Waals surface area contributed by atoms with Gasteiger partial charge in [0, 0.05) is 45.0 Å². The Morgan fingerprint density at radius 2 is 2.06 bits per heavy atom. The van der Waals surface area contributed by atoms with Crippen LogP contribution in [0.15, 0.2) is 22.1 Å². The lowest BCUT2D eigenvalue weighted by Crippen LogP contribution is -2.48. The number of rotatable bonds is 3. The molecule has 2 aromatic rings. The second-order valence-corrected chi connectivity index (χ2v) is 9.91. The van der Waals surface area contributed by atoms with E-state index in [4.69, 9.17) is 22.3 Å². The van der Waals surface area contributed by atoms with E-state index in [1.807, 2.05) is 0 Å². The maximum absolute atomic E-state index is 13.4. The van der Waals surface area contributed by atoms with Gasteiger partial charge in [-0.15, -0.1) is 0 Å². The smallest absolute Gasteiger partial charge is 0.264 e. The first-order valence-corrected chi connectivity index (χ1v) is 11.7. The van der Waals surface area contributed by atoms with Crippen LogP contribution in [0.2, 0.25) is 5.02 Å². The van der Waals surface area contributed by atoms with Gasteiger partial charge in [0.25, 0.3) is 5.56 Å². The van der Waals surface area contributed by atoms with Crippen LogP contribution in [0.25, 0.3) is 0 Å². The predicted molar refractivity (Wildman–Crippen MR) is 128 cm³/mol. The molecule has 1 spiro atoms. The van der Waals surface area contributed by atoms with Crippen molar-refractivity contribution in [3.8, 4) is 0 Å². The minimum Gasteiger partial charge on any atom is -0.372 e. The van der Waals surface area contributed by atoms with Crippen molar-refractivity contribution in [2.24, 2.45) is 29.1 Å². The van der Waals surface area contributed by atoms with Gasteiger partial charge in [-0.1, -0.05) is 18.5 Å². The van der Waals surface area contributed by atoms with Gasteiger partial charge in [0.15, 0.2) is 0 Å². The molecule has 1 saturated heterocycles. The van der Waals surface area contributed by atoms with E-state index >= 15 is 0 Å². The fourth-order valence-corrected chi connectivity index (χ4v) is 6.16. The number of piperidine rings is 1. The number of anilines is 2. The highest BCUT2D eigenvalue weighted by atomic mass is 35.5. The van der Waals surface area contributed by atoms with Gasteiger partial charge in [0.05, 0.1) is 28.5 Å². The summed E-state index contributed by atoms with van der Waals surface area (Å²) in [5.74, 6) is 1.97. The number of fused-ring (bicyclic) bond motifs is 1. The summed E-state index contributed by atoms with van der Waals surface area (Å²) in [5.41, 5.74) is 9.21. The highest BCUT2D eigenvalue weighted by molar-refractivity contribution is 6.37. The average Bonchev–Trinajstić information content (AvgIpc) is 3.32. The van der Waals surface area contributed by atoms with Crippen molar-refractivity contribution >= 4 is 29.1 Å². The van der Waals surface area contributed by atoms with E-state index < -0.39 is 0 Å². The van der Waals surface area contributed by atoms with Crippen molar-refractivity contribution in [1.29, 1.82) is 0 Å². The fourth-order valence-electron chi connectivity index (χ4n) is 5.86. The predicted octanol–water partition coefficient (Wildman–Crippen LogP) is 2.57. The number of hydrogen-bond acceptors (Lipinski definition) is 7. The summed E-state index contributed by atoms with van der Waals surface area (Å²) in [6.07, 6.45) is 6.08. The Bertz CT molecular complexity index is 1150. The number of aliphatic imine (C=N–C) groups is 1. The molecule has 1 saturated carbocycles. The minimum absolute atomic E-state index is 0.0911. The zero-order valence-electron chi connectivity index (χ0n) is 18.9. The summed E-state index contributed by atoms with van der Waals surface area (Å²) in [7, 11) is 3.55. The topological polar surface area (TPSA) is 101 Å². The monoisotopic (exact) mass is 455 g/mol. The van der Waals surface area contributed by atoms with Gasteiger partial charge in [-0.3, -0.25) is 14.4 Å². The zero-order chi connectivity index (χ0) is 22.6. The lowest BCUT2D eigenvalue weighted by molar-refractivity contribution is 0.192. The van der Waals surface area contributed by atoms with Crippen LogP contribution in [-0.4, -0.2) is 46.4 Å². The normalized spacial score (nSPS) is 24.0. The maximum Gasteiger partial charge on any atom is 0.264 e. The molecule has 0 aromatic carbocycles. The Kier molecular flexibility index (Phi) is 5.25. The van der Waals surface area contributed by atoms with Gasteiger partial charge in [-0.05, 0) is 43.1 Å². The Hall–Kier alpha value is -2.45. The summed E-state index contributed by atoms with van der Waals surface area (Å²) in [6, 6.07) is 2.07. The average molecular weight is 456 g/mol. The van der Waals surface area contributed by atoms with Gasteiger partial charge in [0.1, 0.15) is 5.82 Å². The molecule has 5 rings (SSSR count). The molecule has 0 radical (unpaired) electrons. The summed E-state index contributed by atoms with van der Waals surface area (Å²) >= 11 is 6.53. The molecular formula is C23H30ClN7O. The summed E-state index contributed by atoms with van der Waals surface area (Å²) in [4.78, 5) is 29.4. The van der Waals surface area contributed by atoms with Crippen molar-refractivity contribution in [2.75, 3.05) is 30.4 Å². The van der Waals surface area contributed by atoms with Crippen LogP contribution in [0.1, 0.15) is 49.4 Å². The Morgan fingerprint density at radius 3 is 2.72 bits per heavy atom. The molecule has 2 aromatic heterocycles. The number of nitrogens with zero attached hydrogens (tertiary/aromatic N) is 5. The zero-order valence-corrected chi connectivity index (χ0v) is 19.6. The molecule has 2 aliphatic heterocycles. The first-order chi connectivity index (χ1) is 15.3. The highest BCUT2D eigenvalue weighted by Gasteiger charge is 2.46. The second-order valence-electron chi connectivity index (χ2n) is 9.53. The van der Waals surface area contributed by atoms with Crippen molar-refractivity contribution in [3.05, 3.63) is 44.5 Å². The van der Waals surface area contributed by atoms with Gasteiger partial charge >= 0.3 is 0 Å². The number of aromatic nitrogens is 3. The van der Waals surface area contributed by atoms with Crippen LogP contribution in [0.4, 0.5) is 11.8 Å². The standard InChI is InChI=1S/C23H30ClN7O/c1-13-10-16(25)23(11-13)5-8-31(9-6-23)22-29-15-12-28-19(17(15)21(32)30(22)3)14-4-7-27-20(26-2)18(14)24/h4,7,13,16H,5-6,8-12,25H2,1-3H3,(H,26,27)/t13-,16+/m0/s1. The Balaban J connectivity index is 1.45.